The molecule has 0 spiro atoms. The predicted molar refractivity (Wildman–Crippen MR) is 110 cm³/mol. The number of fused-ring (bicyclic) bond motifs is 1. The number of ether oxygens (including phenoxy) is 1. The van der Waals surface area contributed by atoms with Crippen LogP contribution in [0.1, 0.15) is 53.2 Å². The minimum Gasteiger partial charge on any atom is -0.472 e. The van der Waals surface area contributed by atoms with E-state index < -0.39 is 29.0 Å². The maximum atomic E-state index is 14.5. The molecule has 10 heteroatoms. The molecule has 1 amide bonds. The molecule has 6 nitrogen and oxygen atoms in total. The highest BCUT2D eigenvalue weighted by atomic mass is 19.4. The molecule has 2 saturated heterocycles. The molecular formula is C23H24F4N4O2. The van der Waals surface area contributed by atoms with Gasteiger partial charge in [0, 0.05) is 44.6 Å². The molecule has 3 heterocycles. The number of aromatic nitrogens is 2. The zero-order chi connectivity index (χ0) is 23.2. The second-order valence-electron chi connectivity index (χ2n) is 8.95. The van der Waals surface area contributed by atoms with Crippen LogP contribution in [0.2, 0.25) is 0 Å². The van der Waals surface area contributed by atoms with Gasteiger partial charge in [-0.05, 0) is 31.4 Å². The number of halogens is 4. The summed E-state index contributed by atoms with van der Waals surface area (Å²) in [6.07, 6.45) is 1.99. The minimum atomic E-state index is -4.86. The second kappa shape index (κ2) is 8.55. The molecule has 3 fully saturated rings. The first-order valence-corrected chi connectivity index (χ1v) is 11.2. The van der Waals surface area contributed by atoms with Crippen LogP contribution in [0.5, 0.6) is 5.88 Å². The molecule has 0 bridgehead atoms. The third-order valence-corrected chi connectivity index (χ3v) is 6.55. The number of rotatable bonds is 4. The van der Waals surface area contributed by atoms with Crippen LogP contribution in [0.3, 0.4) is 0 Å². The topological polar surface area (TPSA) is 58.6 Å². The Morgan fingerprint density at radius 3 is 2.61 bits per heavy atom. The van der Waals surface area contributed by atoms with E-state index in [1.54, 1.807) is 12.4 Å². The van der Waals surface area contributed by atoms with E-state index in [-0.39, 0.29) is 12.1 Å². The van der Waals surface area contributed by atoms with Crippen molar-refractivity contribution in [2.75, 3.05) is 26.2 Å². The van der Waals surface area contributed by atoms with Crippen molar-refractivity contribution in [3.8, 4) is 5.88 Å². The number of carbonyl (C=O) groups excluding carboxylic acids is 1. The van der Waals surface area contributed by atoms with Gasteiger partial charge in [0.2, 0.25) is 5.88 Å². The fourth-order valence-electron chi connectivity index (χ4n) is 4.72. The lowest BCUT2D eigenvalue weighted by Gasteiger charge is -2.26. The van der Waals surface area contributed by atoms with Crippen molar-refractivity contribution in [2.24, 2.45) is 0 Å². The van der Waals surface area contributed by atoms with Crippen molar-refractivity contribution in [2.45, 2.75) is 49.9 Å². The van der Waals surface area contributed by atoms with Crippen LogP contribution >= 0.6 is 0 Å². The Hall–Kier alpha value is -2.75. The number of carbonyl (C=O) groups is 1. The molecule has 0 N–H and O–H groups in total. The molecule has 5 rings (SSSR count). The maximum absolute atomic E-state index is 14.5. The van der Waals surface area contributed by atoms with Crippen molar-refractivity contribution in [1.29, 1.82) is 0 Å². The highest BCUT2D eigenvalue weighted by Gasteiger charge is 2.39. The quantitative estimate of drug-likeness (QED) is 0.643. The molecule has 2 aliphatic heterocycles. The van der Waals surface area contributed by atoms with Gasteiger partial charge < -0.3 is 9.64 Å². The fourth-order valence-corrected chi connectivity index (χ4v) is 4.72. The molecule has 1 aromatic carbocycles. The summed E-state index contributed by atoms with van der Waals surface area (Å²) in [6, 6.07) is 2.81. The Balaban J connectivity index is 1.25. The van der Waals surface area contributed by atoms with E-state index in [4.69, 9.17) is 4.74 Å². The zero-order valence-corrected chi connectivity index (χ0v) is 17.9. The molecule has 1 aliphatic carbocycles. The van der Waals surface area contributed by atoms with Crippen LogP contribution in [-0.4, -0.2) is 64.0 Å². The van der Waals surface area contributed by atoms with E-state index >= 15 is 0 Å². The van der Waals surface area contributed by atoms with Crippen molar-refractivity contribution in [3.63, 3.8) is 0 Å². The number of hydrogen-bond donors (Lipinski definition) is 0. The first kappa shape index (κ1) is 22.1. The molecule has 2 aromatic rings. The van der Waals surface area contributed by atoms with E-state index in [1.165, 1.54) is 4.90 Å². The number of benzene rings is 1. The normalized spacial score (nSPS) is 23.8. The largest absolute Gasteiger partial charge is 0.472 e. The van der Waals surface area contributed by atoms with E-state index in [0.717, 1.165) is 37.2 Å². The van der Waals surface area contributed by atoms with Crippen LogP contribution < -0.4 is 4.74 Å². The summed E-state index contributed by atoms with van der Waals surface area (Å²) in [4.78, 5) is 25.4. The Kier molecular flexibility index (Phi) is 5.72. The molecule has 1 saturated carbocycles. The predicted octanol–water partition coefficient (Wildman–Crippen LogP) is 3.88. The van der Waals surface area contributed by atoms with E-state index in [1.807, 2.05) is 0 Å². The van der Waals surface area contributed by atoms with E-state index in [9.17, 15) is 22.4 Å². The summed E-state index contributed by atoms with van der Waals surface area (Å²) in [5.41, 5.74) is -0.985. The van der Waals surface area contributed by atoms with Gasteiger partial charge in [-0.15, -0.1) is 0 Å². The maximum Gasteiger partial charge on any atom is 0.419 e. The van der Waals surface area contributed by atoms with Crippen molar-refractivity contribution < 1.29 is 27.1 Å². The van der Waals surface area contributed by atoms with E-state index in [2.05, 4.69) is 14.9 Å². The van der Waals surface area contributed by atoms with Gasteiger partial charge in [-0.1, -0.05) is 6.07 Å². The van der Waals surface area contributed by atoms with Crippen LogP contribution in [-0.2, 0) is 6.18 Å². The first-order valence-electron chi connectivity index (χ1n) is 11.2. The van der Waals surface area contributed by atoms with Gasteiger partial charge in [0.15, 0.2) is 0 Å². The second-order valence-corrected chi connectivity index (χ2v) is 8.95. The van der Waals surface area contributed by atoms with Gasteiger partial charge in [-0.2, -0.15) is 13.2 Å². The molecule has 2 atom stereocenters. The van der Waals surface area contributed by atoms with Gasteiger partial charge in [0.1, 0.15) is 11.9 Å². The first-order chi connectivity index (χ1) is 15.8. The van der Waals surface area contributed by atoms with Crippen molar-refractivity contribution >= 4 is 5.91 Å². The summed E-state index contributed by atoms with van der Waals surface area (Å²) < 4.78 is 59.7. The van der Waals surface area contributed by atoms with Gasteiger partial charge in [-0.3, -0.25) is 14.7 Å². The molecule has 33 heavy (non-hydrogen) atoms. The minimum absolute atomic E-state index is 0.0194. The number of alkyl halides is 3. The number of amides is 1. The van der Waals surface area contributed by atoms with Gasteiger partial charge >= 0.3 is 6.18 Å². The lowest BCUT2D eigenvalue weighted by atomic mass is 10.1. The van der Waals surface area contributed by atoms with E-state index in [0.29, 0.717) is 50.3 Å². The Morgan fingerprint density at radius 1 is 1.09 bits per heavy atom. The number of nitrogens with zero attached hydrogens (tertiary/aromatic N) is 4. The lowest BCUT2D eigenvalue weighted by molar-refractivity contribution is -0.140. The van der Waals surface area contributed by atoms with Crippen LogP contribution in [0.25, 0.3) is 0 Å². The Morgan fingerprint density at radius 2 is 1.91 bits per heavy atom. The van der Waals surface area contributed by atoms with Crippen LogP contribution in [0.4, 0.5) is 17.6 Å². The van der Waals surface area contributed by atoms with Gasteiger partial charge in [0.25, 0.3) is 5.91 Å². The van der Waals surface area contributed by atoms with Crippen LogP contribution in [0, 0.1) is 5.82 Å². The molecular weight excluding hydrogens is 440 g/mol. The van der Waals surface area contributed by atoms with Gasteiger partial charge in [0.05, 0.1) is 29.2 Å². The summed E-state index contributed by atoms with van der Waals surface area (Å²) in [7, 11) is 0. The average Bonchev–Trinajstić information content (AvgIpc) is 3.58. The smallest absolute Gasteiger partial charge is 0.419 e. The molecule has 0 radical (unpaired) electrons. The highest BCUT2D eigenvalue weighted by molar-refractivity contribution is 5.94. The molecule has 1 aromatic heterocycles. The highest BCUT2D eigenvalue weighted by Crippen LogP contribution is 2.38. The molecule has 176 valence electrons. The summed E-state index contributed by atoms with van der Waals surface area (Å²) >= 11 is 0. The SMILES string of the molecule is O=C(c1cccc(C(F)(F)F)c1F)N1CCCN2C[C@@H](Oc3cnc(C4CC4)cn3)C[C@@H]2C1. The lowest BCUT2D eigenvalue weighted by Crippen LogP contribution is -2.40. The summed E-state index contributed by atoms with van der Waals surface area (Å²) in [5, 5.41) is 0. The zero-order valence-electron chi connectivity index (χ0n) is 17.9. The van der Waals surface area contributed by atoms with Crippen LogP contribution in [0.15, 0.2) is 30.6 Å². The Bertz CT molecular complexity index is 1030. The van der Waals surface area contributed by atoms with Crippen molar-refractivity contribution in [1.82, 2.24) is 19.8 Å². The van der Waals surface area contributed by atoms with Crippen molar-refractivity contribution in [3.05, 3.63) is 53.2 Å². The monoisotopic (exact) mass is 464 g/mol. The summed E-state index contributed by atoms with van der Waals surface area (Å²) in [5.74, 6) is -1.26. The third-order valence-electron chi connectivity index (χ3n) is 6.55. The van der Waals surface area contributed by atoms with Gasteiger partial charge in [-0.25, -0.2) is 9.37 Å². The summed E-state index contributed by atoms with van der Waals surface area (Å²) in [6.45, 7) is 2.06. The average molecular weight is 464 g/mol. The third kappa shape index (κ3) is 4.66. The molecule has 0 unspecified atom stereocenters. The Labute approximate surface area is 188 Å². The number of hydrogen-bond acceptors (Lipinski definition) is 5. The molecule has 3 aliphatic rings. The fraction of sp³-hybridized carbons (Fsp3) is 0.522. The standard InChI is InChI=1S/C23H24F4N4O2/c24-21-17(3-1-4-18(21)23(25,26)27)22(32)31-8-2-7-30-13-16(9-15(30)12-31)33-20-11-28-19(10-29-20)14-5-6-14/h1,3-4,10-11,14-16H,2,5-9,12-13H2/t15-,16+/m1/s1.